The zero-order chi connectivity index (χ0) is 13.8. The molecule has 2 atom stereocenters. The van der Waals surface area contributed by atoms with Crippen LogP contribution in [0.4, 0.5) is 5.13 Å². The third-order valence-electron chi connectivity index (χ3n) is 3.97. The summed E-state index contributed by atoms with van der Waals surface area (Å²) in [6.07, 6.45) is 6.00. The number of aromatic nitrogens is 1. The van der Waals surface area contributed by atoms with Crippen molar-refractivity contribution in [1.82, 2.24) is 4.98 Å². The summed E-state index contributed by atoms with van der Waals surface area (Å²) in [5.41, 5.74) is 0.757. The zero-order valence-electron chi connectivity index (χ0n) is 11.9. The fourth-order valence-electron chi connectivity index (χ4n) is 2.85. The van der Waals surface area contributed by atoms with Crippen LogP contribution in [-0.4, -0.2) is 31.5 Å². The molecule has 0 bridgehead atoms. The Labute approximate surface area is 118 Å². The first-order valence-corrected chi connectivity index (χ1v) is 7.65. The summed E-state index contributed by atoms with van der Waals surface area (Å²) >= 11 is 1.47. The SMILES string of the molecule is COCc1nc(N(C)C2CCCCC2C)sc1C=O. The highest BCUT2D eigenvalue weighted by Gasteiger charge is 2.27. The Morgan fingerprint density at radius 1 is 1.47 bits per heavy atom. The molecular formula is C14H22N2O2S. The van der Waals surface area contributed by atoms with Gasteiger partial charge in [0.15, 0.2) is 11.4 Å². The molecule has 5 heteroatoms. The second-order valence-electron chi connectivity index (χ2n) is 5.30. The van der Waals surface area contributed by atoms with E-state index in [2.05, 4.69) is 23.9 Å². The molecule has 19 heavy (non-hydrogen) atoms. The number of aldehydes is 1. The highest BCUT2D eigenvalue weighted by atomic mass is 32.1. The van der Waals surface area contributed by atoms with E-state index in [9.17, 15) is 4.79 Å². The van der Waals surface area contributed by atoms with Gasteiger partial charge in [0, 0.05) is 20.2 Å². The number of hydrogen-bond donors (Lipinski definition) is 0. The standard InChI is InChI=1S/C14H22N2O2S/c1-10-6-4-5-7-12(10)16(2)14-15-11(9-18-3)13(8-17)19-14/h8,10,12H,4-7,9H2,1-3H3. The van der Waals surface area contributed by atoms with E-state index in [-0.39, 0.29) is 0 Å². The summed E-state index contributed by atoms with van der Waals surface area (Å²) in [5.74, 6) is 0.688. The van der Waals surface area contributed by atoms with Crippen LogP contribution in [0.25, 0.3) is 0 Å². The quantitative estimate of drug-likeness (QED) is 0.778. The number of nitrogens with zero attached hydrogens (tertiary/aromatic N) is 2. The van der Waals surface area contributed by atoms with Gasteiger partial charge in [-0.15, -0.1) is 0 Å². The summed E-state index contributed by atoms with van der Waals surface area (Å²) in [6.45, 7) is 2.71. The molecule has 0 aliphatic heterocycles. The number of ether oxygens (including phenoxy) is 1. The van der Waals surface area contributed by atoms with Crippen LogP contribution in [0.2, 0.25) is 0 Å². The molecule has 1 heterocycles. The topological polar surface area (TPSA) is 42.4 Å². The van der Waals surface area contributed by atoms with E-state index in [1.807, 2.05) is 0 Å². The van der Waals surface area contributed by atoms with E-state index in [1.54, 1.807) is 7.11 Å². The van der Waals surface area contributed by atoms with E-state index in [1.165, 1.54) is 37.0 Å². The van der Waals surface area contributed by atoms with Gasteiger partial charge in [0.1, 0.15) is 0 Å². The predicted octanol–water partition coefficient (Wildman–Crippen LogP) is 3.12. The van der Waals surface area contributed by atoms with Crippen LogP contribution in [0.15, 0.2) is 0 Å². The number of carbonyl (C=O) groups is 1. The minimum atomic E-state index is 0.401. The molecule has 2 rings (SSSR count). The zero-order valence-corrected chi connectivity index (χ0v) is 12.7. The molecule has 0 aromatic carbocycles. The number of thiazole rings is 1. The molecule has 0 saturated heterocycles. The smallest absolute Gasteiger partial charge is 0.186 e. The van der Waals surface area contributed by atoms with Gasteiger partial charge >= 0.3 is 0 Å². The van der Waals surface area contributed by atoms with E-state index in [4.69, 9.17) is 4.74 Å². The molecule has 2 unspecified atom stereocenters. The number of methoxy groups -OCH3 is 1. The molecule has 0 N–H and O–H groups in total. The number of hydrogen-bond acceptors (Lipinski definition) is 5. The van der Waals surface area contributed by atoms with E-state index in [0.717, 1.165) is 17.1 Å². The fourth-order valence-corrected chi connectivity index (χ4v) is 3.75. The molecule has 1 aromatic rings. The first-order valence-electron chi connectivity index (χ1n) is 6.84. The van der Waals surface area contributed by atoms with Crippen molar-refractivity contribution in [1.29, 1.82) is 0 Å². The minimum Gasteiger partial charge on any atom is -0.378 e. The predicted molar refractivity (Wildman–Crippen MR) is 78.0 cm³/mol. The molecular weight excluding hydrogens is 260 g/mol. The lowest BCUT2D eigenvalue weighted by atomic mass is 9.85. The minimum absolute atomic E-state index is 0.401. The molecule has 1 aliphatic carbocycles. The first-order chi connectivity index (χ1) is 9.17. The van der Waals surface area contributed by atoms with Gasteiger partial charge in [-0.1, -0.05) is 31.1 Å². The van der Waals surface area contributed by atoms with Gasteiger partial charge < -0.3 is 9.64 Å². The van der Waals surface area contributed by atoms with E-state index < -0.39 is 0 Å². The number of rotatable bonds is 5. The molecule has 0 radical (unpaired) electrons. The molecule has 1 fully saturated rings. The Hall–Kier alpha value is -0.940. The van der Waals surface area contributed by atoms with Crippen LogP contribution in [0, 0.1) is 5.92 Å². The Morgan fingerprint density at radius 3 is 2.84 bits per heavy atom. The van der Waals surface area contributed by atoms with Crippen LogP contribution in [0.1, 0.15) is 48.0 Å². The molecule has 0 spiro atoms. The molecule has 1 aromatic heterocycles. The first kappa shape index (κ1) is 14.5. The monoisotopic (exact) mass is 282 g/mol. The third kappa shape index (κ3) is 3.15. The fraction of sp³-hybridized carbons (Fsp3) is 0.714. The van der Waals surface area contributed by atoms with Gasteiger partial charge in [-0.2, -0.15) is 0 Å². The average Bonchev–Trinajstić information content (AvgIpc) is 2.82. The van der Waals surface area contributed by atoms with Crippen molar-refractivity contribution in [3.05, 3.63) is 10.6 Å². The van der Waals surface area contributed by atoms with Crippen molar-refractivity contribution in [2.75, 3.05) is 19.1 Å². The molecule has 4 nitrogen and oxygen atoms in total. The normalized spacial score (nSPS) is 23.3. The molecule has 106 valence electrons. The van der Waals surface area contributed by atoms with Gasteiger partial charge in [0.2, 0.25) is 0 Å². The lowest BCUT2D eigenvalue weighted by Crippen LogP contribution is -2.38. The largest absolute Gasteiger partial charge is 0.378 e. The van der Waals surface area contributed by atoms with Crippen molar-refractivity contribution in [2.45, 2.75) is 45.3 Å². The second-order valence-corrected chi connectivity index (χ2v) is 6.31. The number of carbonyl (C=O) groups excluding carboxylic acids is 1. The van der Waals surface area contributed by atoms with Crippen molar-refractivity contribution < 1.29 is 9.53 Å². The van der Waals surface area contributed by atoms with Crippen LogP contribution in [0.5, 0.6) is 0 Å². The van der Waals surface area contributed by atoms with E-state index in [0.29, 0.717) is 23.4 Å². The Bertz CT molecular complexity index is 433. The summed E-state index contributed by atoms with van der Waals surface area (Å²) < 4.78 is 5.10. The van der Waals surface area contributed by atoms with Crippen molar-refractivity contribution in [3.8, 4) is 0 Å². The molecule has 1 saturated carbocycles. The third-order valence-corrected chi connectivity index (χ3v) is 5.08. The Morgan fingerprint density at radius 2 is 2.21 bits per heavy atom. The summed E-state index contributed by atoms with van der Waals surface area (Å²) in [6, 6.07) is 0.537. The van der Waals surface area contributed by atoms with Gasteiger partial charge in [0.25, 0.3) is 0 Å². The highest BCUT2D eigenvalue weighted by Crippen LogP contribution is 2.33. The highest BCUT2D eigenvalue weighted by molar-refractivity contribution is 7.17. The summed E-state index contributed by atoms with van der Waals surface area (Å²) in [4.78, 5) is 18.6. The van der Waals surface area contributed by atoms with Gasteiger partial charge in [-0.05, 0) is 18.8 Å². The average molecular weight is 282 g/mol. The van der Waals surface area contributed by atoms with Gasteiger partial charge in [0.05, 0.1) is 17.2 Å². The van der Waals surface area contributed by atoms with Crippen LogP contribution < -0.4 is 4.90 Å². The Balaban J connectivity index is 2.18. The second kappa shape index (κ2) is 6.48. The van der Waals surface area contributed by atoms with Gasteiger partial charge in [-0.3, -0.25) is 4.79 Å². The van der Waals surface area contributed by atoms with Crippen molar-refractivity contribution in [2.24, 2.45) is 5.92 Å². The number of anilines is 1. The molecule has 1 aliphatic rings. The Kier molecular flexibility index (Phi) is 4.93. The summed E-state index contributed by atoms with van der Waals surface area (Å²) in [7, 11) is 3.72. The van der Waals surface area contributed by atoms with Crippen molar-refractivity contribution >= 4 is 22.8 Å². The lowest BCUT2D eigenvalue weighted by molar-refractivity contribution is 0.112. The van der Waals surface area contributed by atoms with Gasteiger partial charge in [-0.25, -0.2) is 4.98 Å². The maximum atomic E-state index is 11.1. The maximum Gasteiger partial charge on any atom is 0.186 e. The maximum absolute atomic E-state index is 11.1. The lowest BCUT2D eigenvalue weighted by Gasteiger charge is -2.36. The van der Waals surface area contributed by atoms with E-state index >= 15 is 0 Å². The van der Waals surface area contributed by atoms with Crippen molar-refractivity contribution in [3.63, 3.8) is 0 Å². The molecule has 0 amide bonds. The summed E-state index contributed by atoms with van der Waals surface area (Å²) in [5, 5.41) is 0.938. The van der Waals surface area contributed by atoms with Crippen LogP contribution >= 0.6 is 11.3 Å². The van der Waals surface area contributed by atoms with Crippen LogP contribution in [-0.2, 0) is 11.3 Å². The van der Waals surface area contributed by atoms with Crippen LogP contribution in [0.3, 0.4) is 0 Å².